The molecule has 7 heavy (non-hydrogen) atoms. The van der Waals surface area contributed by atoms with E-state index in [-0.39, 0.29) is 26.3 Å². The largest absolute Gasteiger partial charge is 1.00 e. The second-order valence-corrected chi connectivity index (χ2v) is 2.12. The van der Waals surface area contributed by atoms with Gasteiger partial charge in [-0.05, 0) is 0 Å². The van der Waals surface area contributed by atoms with Gasteiger partial charge in [-0.25, -0.2) is 0 Å². The van der Waals surface area contributed by atoms with Crippen LogP contribution in [0.5, 0.6) is 0 Å². The Kier molecular flexibility index (Phi) is 204. The first kappa shape index (κ1) is 24.2. The Morgan fingerprint density at radius 1 is 1.29 bits per heavy atom. The molecule has 0 aliphatic carbocycles. The van der Waals surface area contributed by atoms with Crippen LogP contribution >= 0.6 is 0 Å². The standard InChI is InChI=1S/C2H6.C2H5.CH3.Al.Li.2H/c2*1-2;;;;;/h1-2H3;1H2,2H3;1H3;;;;/q;;-1;;+1;;. The molecular weight excluding hydrogens is 94.0 g/mol. The molecule has 0 amide bonds. The second kappa shape index (κ2) is 59.1. The van der Waals surface area contributed by atoms with Gasteiger partial charge in [0.2, 0.25) is 16.3 Å². The van der Waals surface area contributed by atoms with E-state index in [9.17, 15) is 0 Å². The molecule has 0 aromatic rings. The average Bonchev–Trinajstić information content (AvgIpc) is 1.46. The Hall–Kier alpha value is 1.13. The Balaban J connectivity index is -0.0000000105. The molecule has 2 heteroatoms. The average molecular weight is 110 g/mol. The molecule has 0 unspecified atom stereocenters. The third-order valence-electron chi connectivity index (χ3n) is 0. The molecule has 0 aromatic carbocycles. The third kappa shape index (κ3) is 147. The van der Waals surface area contributed by atoms with E-state index in [0.717, 1.165) is 0 Å². The third-order valence-corrected chi connectivity index (χ3v) is 0. The van der Waals surface area contributed by atoms with E-state index in [1.165, 1.54) is 21.6 Å². The quantitative estimate of drug-likeness (QED) is 0.264. The maximum atomic E-state index is 2.19. The van der Waals surface area contributed by atoms with Crippen molar-refractivity contribution in [2.75, 3.05) is 0 Å². The zero-order valence-corrected chi connectivity index (χ0v) is 8.71. The monoisotopic (exact) mass is 110 g/mol. The van der Waals surface area contributed by atoms with Gasteiger partial charge < -0.3 is 7.43 Å². The van der Waals surface area contributed by atoms with Crippen LogP contribution in [0.4, 0.5) is 0 Å². The van der Waals surface area contributed by atoms with Gasteiger partial charge in [-0.1, -0.05) is 20.8 Å². The molecule has 0 N–H and O–H groups in total. The molecule has 0 saturated carbocycles. The van der Waals surface area contributed by atoms with Gasteiger partial charge in [-0.2, -0.15) is 0 Å². The Morgan fingerprint density at radius 2 is 1.29 bits per heavy atom. The van der Waals surface area contributed by atoms with Gasteiger partial charge in [0.1, 0.15) is 0 Å². The predicted octanol–water partition coefficient (Wildman–Crippen LogP) is -1.46. The Morgan fingerprint density at radius 3 is 1.29 bits per heavy atom. The van der Waals surface area contributed by atoms with Gasteiger partial charge in [0.15, 0.2) is 0 Å². The minimum absolute atomic E-state index is 0. The van der Waals surface area contributed by atoms with Crippen molar-refractivity contribution < 1.29 is 18.9 Å². The van der Waals surface area contributed by atoms with E-state index in [2.05, 4.69) is 6.92 Å². The van der Waals surface area contributed by atoms with Crippen LogP contribution in [0, 0.1) is 7.43 Å². The van der Waals surface area contributed by atoms with Gasteiger partial charge in [-0.3, -0.25) is 0 Å². The molecule has 0 heterocycles. The molecular formula is C5H16AlLi. The van der Waals surface area contributed by atoms with Gasteiger partial charge in [0, 0.05) is 0 Å². The Bertz CT molecular complexity index is 8.04. The van der Waals surface area contributed by atoms with E-state index in [1.807, 2.05) is 13.8 Å². The van der Waals surface area contributed by atoms with Crippen LogP contribution in [0.25, 0.3) is 0 Å². The van der Waals surface area contributed by atoms with E-state index in [4.69, 9.17) is 0 Å². The van der Waals surface area contributed by atoms with Gasteiger partial charge in [-0.15, -0.1) is 5.28 Å². The normalized spacial score (nSPS) is 3.29. The fraction of sp³-hybridized carbons (Fsp3) is 0.800. The van der Waals surface area contributed by atoms with E-state index < -0.39 is 0 Å². The first-order chi connectivity index (χ1) is 2.41. The first-order valence-corrected chi connectivity index (χ1v) is 3.83. The molecule has 0 aliphatic heterocycles. The minimum Gasteiger partial charge on any atom is -0.358 e. The summed E-state index contributed by atoms with van der Waals surface area (Å²) in [6.07, 6.45) is 0. The van der Waals surface area contributed by atoms with Crippen LogP contribution < -0.4 is 18.9 Å². The molecule has 40 valence electrons. The summed E-state index contributed by atoms with van der Waals surface area (Å²) in [5, 5.41) is 1.39. The van der Waals surface area contributed by atoms with Gasteiger partial charge >= 0.3 is 18.9 Å². The van der Waals surface area contributed by atoms with Crippen LogP contribution in [0.2, 0.25) is 5.28 Å². The molecule has 0 rings (SSSR count). The summed E-state index contributed by atoms with van der Waals surface area (Å²) in [7, 11) is 0. The van der Waals surface area contributed by atoms with Crippen LogP contribution in [0.15, 0.2) is 0 Å². The zero-order chi connectivity index (χ0) is 4.71. The zero-order valence-electron chi connectivity index (χ0n) is 6.71. The van der Waals surface area contributed by atoms with Crippen molar-refractivity contribution in [3.63, 3.8) is 0 Å². The molecule has 0 fully saturated rings. The SMILES string of the molecule is CC.C[CH2][AlH2].[CH3-].[Li+]. The van der Waals surface area contributed by atoms with Crippen LogP contribution in [0.3, 0.4) is 0 Å². The van der Waals surface area contributed by atoms with Crippen molar-refractivity contribution in [1.29, 1.82) is 0 Å². The van der Waals surface area contributed by atoms with Crippen molar-refractivity contribution in [3.05, 3.63) is 7.43 Å². The van der Waals surface area contributed by atoms with Gasteiger partial charge in [0.25, 0.3) is 0 Å². The van der Waals surface area contributed by atoms with E-state index in [0.29, 0.717) is 0 Å². The van der Waals surface area contributed by atoms with Crippen molar-refractivity contribution in [1.82, 2.24) is 0 Å². The fourth-order valence-corrected chi connectivity index (χ4v) is 0. The summed E-state index contributed by atoms with van der Waals surface area (Å²) >= 11 is 1.37. The van der Waals surface area contributed by atoms with E-state index >= 15 is 0 Å². The number of hydrogen-bond donors (Lipinski definition) is 0. The molecule has 0 aromatic heterocycles. The first-order valence-electron chi connectivity index (χ1n) is 2.41. The molecule has 0 spiro atoms. The van der Waals surface area contributed by atoms with Crippen LogP contribution in [-0.4, -0.2) is 16.3 Å². The molecule has 0 atom stereocenters. The summed E-state index contributed by atoms with van der Waals surface area (Å²) in [5.41, 5.74) is 0. The topological polar surface area (TPSA) is 0 Å². The maximum Gasteiger partial charge on any atom is 1.00 e. The summed E-state index contributed by atoms with van der Waals surface area (Å²) < 4.78 is 0. The van der Waals surface area contributed by atoms with Gasteiger partial charge in [0.05, 0.1) is 0 Å². The maximum absolute atomic E-state index is 2.19. The predicted molar refractivity (Wildman–Crippen MR) is 36.8 cm³/mol. The number of hydrogen-bond acceptors (Lipinski definition) is 0. The molecule has 0 saturated heterocycles. The molecule has 0 aliphatic rings. The number of rotatable bonds is 0. The summed E-state index contributed by atoms with van der Waals surface area (Å²) in [5.74, 6) is 0. The summed E-state index contributed by atoms with van der Waals surface area (Å²) in [4.78, 5) is 0. The fourth-order valence-electron chi connectivity index (χ4n) is 0. The molecule has 0 radical (unpaired) electrons. The molecule has 0 nitrogen and oxygen atoms in total. The van der Waals surface area contributed by atoms with Crippen molar-refractivity contribution in [2.24, 2.45) is 0 Å². The smallest absolute Gasteiger partial charge is 0.358 e. The van der Waals surface area contributed by atoms with Crippen molar-refractivity contribution in [2.45, 2.75) is 26.1 Å². The Labute approximate surface area is 68.7 Å². The summed E-state index contributed by atoms with van der Waals surface area (Å²) in [6, 6.07) is 0. The summed E-state index contributed by atoms with van der Waals surface area (Å²) in [6.45, 7) is 6.19. The second-order valence-electron chi connectivity index (χ2n) is 0.707. The van der Waals surface area contributed by atoms with Crippen LogP contribution in [0.1, 0.15) is 20.8 Å². The van der Waals surface area contributed by atoms with Crippen molar-refractivity contribution in [3.8, 4) is 0 Å². The minimum atomic E-state index is 0. The van der Waals surface area contributed by atoms with E-state index in [1.54, 1.807) is 0 Å². The van der Waals surface area contributed by atoms with Crippen molar-refractivity contribution >= 4 is 16.3 Å². The van der Waals surface area contributed by atoms with Crippen LogP contribution in [-0.2, 0) is 0 Å². The molecule has 0 bridgehead atoms.